The molecule has 0 aromatic carbocycles. The predicted octanol–water partition coefficient (Wildman–Crippen LogP) is -1.37. The first-order chi connectivity index (χ1) is 29.8. The Morgan fingerprint density at radius 3 is 0.969 bits per heavy atom. The van der Waals surface area contributed by atoms with Crippen LogP contribution in [-0.4, -0.2) is 118 Å². The number of nitrogens with one attached hydrogen (secondary N) is 2. The number of carbonyl (C=O) groups excluding carboxylic acids is 4. The molecule has 0 radical (unpaired) electrons. The van der Waals surface area contributed by atoms with Gasteiger partial charge in [0.15, 0.2) is 0 Å². The number of carboxylic acids is 4. The maximum absolute atomic E-state index is 11.7. The van der Waals surface area contributed by atoms with Crippen molar-refractivity contribution in [3.63, 3.8) is 0 Å². The van der Waals surface area contributed by atoms with Gasteiger partial charge < -0.3 is 56.0 Å². The summed E-state index contributed by atoms with van der Waals surface area (Å²) >= 11 is 0. The van der Waals surface area contributed by atoms with Crippen LogP contribution >= 0.6 is 0 Å². The number of carbonyl (C=O) groups is 6. The molecule has 16 nitrogen and oxygen atoms in total. The van der Waals surface area contributed by atoms with Gasteiger partial charge in [-0.25, -0.2) is 4.79 Å². The third-order valence-electron chi connectivity index (χ3n) is 10.3. The van der Waals surface area contributed by atoms with Crippen molar-refractivity contribution in [1.29, 1.82) is 0 Å². The number of hydrogen-bond acceptors (Lipinski definition) is 12. The fourth-order valence-corrected chi connectivity index (χ4v) is 6.63. The van der Waals surface area contributed by atoms with Gasteiger partial charge in [-0.2, -0.15) is 0 Å². The summed E-state index contributed by atoms with van der Waals surface area (Å²) in [5.74, 6) is -6.52. The van der Waals surface area contributed by atoms with Gasteiger partial charge in [-0.1, -0.05) is 168 Å². The van der Waals surface area contributed by atoms with Crippen LogP contribution in [-0.2, 0) is 28.8 Å². The van der Waals surface area contributed by atoms with Crippen molar-refractivity contribution in [3.8, 4) is 0 Å². The van der Waals surface area contributed by atoms with Gasteiger partial charge in [0.1, 0.15) is 6.04 Å². The van der Waals surface area contributed by atoms with Crippen LogP contribution in [0.25, 0.3) is 0 Å². The van der Waals surface area contributed by atoms with Gasteiger partial charge in [0.25, 0.3) is 0 Å². The average molecular weight is 968 g/mol. The summed E-state index contributed by atoms with van der Waals surface area (Å²) in [4.78, 5) is 67.7. The van der Waals surface area contributed by atoms with Crippen LogP contribution in [0.2, 0.25) is 0 Å². The maximum atomic E-state index is 11.7. The molecule has 18 heteroatoms. The molecule has 0 rings (SSSR count). The second-order valence-electron chi connectivity index (χ2n) is 16.1. The van der Waals surface area contributed by atoms with Crippen molar-refractivity contribution >= 4 is 35.7 Å². The first-order valence-corrected chi connectivity index (χ1v) is 23.8. The molecule has 0 fully saturated rings. The molecule has 64 heavy (non-hydrogen) atoms. The van der Waals surface area contributed by atoms with Crippen LogP contribution in [0.4, 0.5) is 0 Å². The molecule has 0 spiro atoms. The zero-order valence-corrected chi connectivity index (χ0v) is 46.8. The van der Waals surface area contributed by atoms with Gasteiger partial charge >= 0.3 is 115 Å². The Kier molecular flexibility index (Phi) is 65.2. The maximum Gasteiger partial charge on any atom is 1.00 e. The van der Waals surface area contributed by atoms with Crippen molar-refractivity contribution in [3.05, 3.63) is 0 Å². The van der Waals surface area contributed by atoms with Crippen LogP contribution in [0.5, 0.6) is 0 Å². The van der Waals surface area contributed by atoms with Crippen LogP contribution in [0.3, 0.4) is 0 Å². The number of aliphatic hydroxyl groups is 3. The minimum Gasteiger partial charge on any atom is -0.550 e. The zero-order chi connectivity index (χ0) is 47.1. The average Bonchev–Trinajstić information content (AvgIpc) is 3.21. The molecule has 0 aliphatic heterocycles. The molecule has 0 aromatic heterocycles. The van der Waals surface area contributed by atoms with Gasteiger partial charge in [-0.15, -0.1) is 0 Å². The third kappa shape index (κ3) is 58.1. The molecule has 0 aromatic rings. The van der Waals surface area contributed by atoms with E-state index >= 15 is 0 Å². The molecule has 0 saturated carbocycles. The molecule has 0 aliphatic carbocycles. The number of nitrogens with zero attached hydrogens (tertiary/aromatic N) is 1. The number of aliphatic carboxylic acids is 4. The minimum atomic E-state index is -1.60. The fourth-order valence-electron chi connectivity index (χ4n) is 6.63. The Bertz CT molecular complexity index is 1020. The summed E-state index contributed by atoms with van der Waals surface area (Å²) in [6, 6.07) is -2.86. The van der Waals surface area contributed by atoms with Gasteiger partial charge in [-0.05, 0) is 12.8 Å². The molecule has 366 valence electrons. The molecule has 0 heterocycles. The van der Waals surface area contributed by atoms with Gasteiger partial charge in [0.2, 0.25) is 11.8 Å². The molecule has 7 N–H and O–H groups in total. The van der Waals surface area contributed by atoms with Crippen molar-refractivity contribution in [1.82, 2.24) is 15.5 Å². The molecule has 0 saturated heterocycles. The van der Waals surface area contributed by atoms with Crippen molar-refractivity contribution < 1.29 is 167 Å². The second kappa shape index (κ2) is 57.3. The number of unbranched alkanes of at least 4 members (excludes halogenated alkanes) is 24. The summed E-state index contributed by atoms with van der Waals surface area (Å²) in [6.07, 6.45) is 30.6. The second-order valence-corrected chi connectivity index (χ2v) is 16.1. The Morgan fingerprint density at radius 2 is 0.734 bits per heavy atom. The van der Waals surface area contributed by atoms with Crippen LogP contribution in [0, 0.1) is 0 Å². The monoisotopic (exact) mass is 968 g/mol. The Labute approximate surface area is 470 Å². The zero-order valence-electron chi connectivity index (χ0n) is 40.6. The Morgan fingerprint density at radius 1 is 0.453 bits per heavy atom. The molecular formula is C46H87K2N3O13. The normalized spacial score (nSPS) is 11.3. The largest absolute Gasteiger partial charge is 1.00 e. The third-order valence-corrected chi connectivity index (χ3v) is 10.3. The van der Waals surface area contributed by atoms with Gasteiger partial charge in [0, 0.05) is 44.9 Å². The number of aliphatic hydroxyl groups excluding tert-OH is 3. The van der Waals surface area contributed by atoms with E-state index in [1.807, 2.05) is 0 Å². The SMILES string of the molecule is CCCCCCCCCCCCCCCC(=O)NC(CC(=O)O)C(=O)O.CCCCCCCCCCCCCCCC(=O)NC(CC(=O)[O-])C(=O)[O-].OCCN(CCO)CCO.[K+].[K+]. The Balaban J connectivity index is -0.000000292. The molecule has 2 unspecified atom stereocenters. The molecule has 2 atom stereocenters. The first kappa shape index (κ1) is 72.9. The van der Waals surface area contributed by atoms with E-state index in [0.29, 0.717) is 32.5 Å². The van der Waals surface area contributed by atoms with Crippen molar-refractivity contribution in [2.75, 3.05) is 39.5 Å². The summed E-state index contributed by atoms with van der Waals surface area (Å²) < 4.78 is 0. The predicted molar refractivity (Wildman–Crippen MR) is 237 cm³/mol. The summed E-state index contributed by atoms with van der Waals surface area (Å²) in [5, 5.41) is 68.6. The van der Waals surface area contributed by atoms with E-state index in [-0.39, 0.29) is 141 Å². The topological polar surface area (TPSA) is 277 Å². The van der Waals surface area contributed by atoms with E-state index in [2.05, 4.69) is 24.5 Å². The van der Waals surface area contributed by atoms with Crippen LogP contribution in [0.1, 0.15) is 206 Å². The quantitative estimate of drug-likeness (QED) is 0.0275. The van der Waals surface area contributed by atoms with Crippen molar-refractivity contribution in [2.45, 2.75) is 219 Å². The van der Waals surface area contributed by atoms with E-state index in [0.717, 1.165) is 32.1 Å². The van der Waals surface area contributed by atoms with Gasteiger partial charge in [-0.3, -0.25) is 19.3 Å². The first-order valence-electron chi connectivity index (χ1n) is 23.8. The summed E-state index contributed by atoms with van der Waals surface area (Å²) in [5.41, 5.74) is 0. The standard InChI is InChI=1S/2C20H37NO5.C6H15NO3.2K/c2*1-2-3-4-5-6-7-8-9-10-11-12-13-14-15-18(22)21-17(20(25)26)16-19(23)24;8-4-1-7(2-5-9)3-6-10;;/h2*17H,2-16H2,1H3,(H,21,22)(H,23,24)(H,25,26);8-10H,1-6H2;;/q;;;2*+1/p-2. The molecular weight excluding hydrogens is 881 g/mol. The van der Waals surface area contributed by atoms with Crippen LogP contribution in [0.15, 0.2) is 0 Å². The molecule has 0 aliphatic rings. The van der Waals surface area contributed by atoms with E-state index in [1.54, 1.807) is 4.90 Å². The number of carboxylic acid groups (broad SMARTS) is 4. The number of rotatable bonds is 42. The van der Waals surface area contributed by atoms with E-state index in [1.165, 1.54) is 122 Å². The van der Waals surface area contributed by atoms with E-state index in [4.69, 9.17) is 25.5 Å². The smallest absolute Gasteiger partial charge is 0.550 e. The van der Waals surface area contributed by atoms with E-state index in [9.17, 15) is 39.0 Å². The van der Waals surface area contributed by atoms with E-state index < -0.39 is 54.7 Å². The van der Waals surface area contributed by atoms with Gasteiger partial charge in [0.05, 0.1) is 38.3 Å². The summed E-state index contributed by atoms with van der Waals surface area (Å²) in [7, 11) is 0. The fraction of sp³-hybridized carbons (Fsp3) is 0.870. The summed E-state index contributed by atoms with van der Waals surface area (Å²) in [6.45, 7) is 6.22. The van der Waals surface area contributed by atoms with Crippen molar-refractivity contribution in [2.24, 2.45) is 0 Å². The number of hydrogen-bond donors (Lipinski definition) is 7. The molecule has 2 amide bonds. The minimum absolute atomic E-state index is 0. The van der Waals surface area contributed by atoms with Crippen LogP contribution < -0.4 is 124 Å². The number of amides is 2. The molecule has 0 bridgehead atoms. The Hall–Kier alpha value is -0.0673.